The van der Waals surface area contributed by atoms with E-state index in [1.807, 2.05) is 13.8 Å². The number of hydrogen-bond acceptors (Lipinski definition) is 2. The van der Waals surface area contributed by atoms with Crippen LogP contribution >= 0.6 is 15.9 Å². The first-order valence-electron chi connectivity index (χ1n) is 4.05. The number of alkyl halides is 1. The van der Waals surface area contributed by atoms with Crippen LogP contribution in [-0.2, 0) is 10.0 Å². The van der Waals surface area contributed by atoms with E-state index >= 15 is 0 Å². The maximum absolute atomic E-state index is 11.1. The third kappa shape index (κ3) is 5.97. The summed E-state index contributed by atoms with van der Waals surface area (Å²) in [5, 5.41) is 0.821. The molecule has 1 N–H and O–H groups in total. The second-order valence-corrected chi connectivity index (χ2v) is 5.50. The van der Waals surface area contributed by atoms with Crippen molar-refractivity contribution in [3.63, 3.8) is 0 Å². The Hall–Kier alpha value is 0.390. The number of hydrogen-bond donors (Lipinski definition) is 1. The lowest BCUT2D eigenvalue weighted by atomic mass is 10.2. The third-order valence-corrected chi connectivity index (χ3v) is 4.05. The predicted molar refractivity (Wildman–Crippen MR) is 55.0 cm³/mol. The molecule has 0 spiro atoms. The van der Waals surface area contributed by atoms with E-state index in [1.54, 1.807) is 0 Å². The topological polar surface area (TPSA) is 46.2 Å². The third-order valence-electron chi connectivity index (χ3n) is 1.39. The zero-order valence-electron chi connectivity index (χ0n) is 7.51. The highest BCUT2D eigenvalue weighted by Gasteiger charge is 2.09. The Labute approximate surface area is 83.1 Å². The quantitative estimate of drug-likeness (QED) is 0.731. The molecule has 0 bridgehead atoms. The Morgan fingerprint density at radius 2 is 2.08 bits per heavy atom. The molecule has 0 aromatic heterocycles. The molecule has 0 saturated carbocycles. The number of nitrogens with one attached hydrogen (secondary N) is 1. The van der Waals surface area contributed by atoms with Crippen LogP contribution in [-0.4, -0.2) is 26.0 Å². The molecule has 12 heavy (non-hydrogen) atoms. The highest BCUT2D eigenvalue weighted by molar-refractivity contribution is 9.09. The summed E-state index contributed by atoms with van der Waals surface area (Å²) < 4.78 is 24.8. The van der Waals surface area contributed by atoms with Crippen LogP contribution < -0.4 is 4.72 Å². The van der Waals surface area contributed by atoms with Crippen LogP contribution in [0.25, 0.3) is 0 Å². The standard InChI is InChI=1S/C7H16BrNO2S/c1-3-4-12(10,11)9-6-7(2)5-8/h7,9H,3-6H2,1-2H3. The first-order valence-corrected chi connectivity index (χ1v) is 6.82. The van der Waals surface area contributed by atoms with Crippen molar-refractivity contribution in [1.82, 2.24) is 4.72 Å². The van der Waals surface area contributed by atoms with E-state index in [0.717, 1.165) is 5.33 Å². The van der Waals surface area contributed by atoms with Crippen molar-refractivity contribution in [3.8, 4) is 0 Å². The molecule has 0 aliphatic heterocycles. The van der Waals surface area contributed by atoms with E-state index in [0.29, 0.717) is 18.9 Å². The highest BCUT2D eigenvalue weighted by Crippen LogP contribution is 1.98. The molecule has 74 valence electrons. The van der Waals surface area contributed by atoms with Gasteiger partial charge < -0.3 is 0 Å². The fraction of sp³-hybridized carbons (Fsp3) is 1.00. The van der Waals surface area contributed by atoms with Gasteiger partial charge in [-0.15, -0.1) is 0 Å². The monoisotopic (exact) mass is 257 g/mol. The lowest BCUT2D eigenvalue weighted by molar-refractivity contribution is 0.562. The minimum Gasteiger partial charge on any atom is -0.215 e. The smallest absolute Gasteiger partial charge is 0.211 e. The van der Waals surface area contributed by atoms with Crippen LogP contribution in [0.3, 0.4) is 0 Å². The molecule has 0 heterocycles. The van der Waals surface area contributed by atoms with Gasteiger partial charge in [0.1, 0.15) is 0 Å². The minimum absolute atomic E-state index is 0.224. The van der Waals surface area contributed by atoms with E-state index in [9.17, 15) is 8.42 Å². The summed E-state index contributed by atoms with van der Waals surface area (Å²) in [7, 11) is -3.01. The number of halogens is 1. The molecule has 0 radical (unpaired) electrons. The Balaban J connectivity index is 3.76. The molecule has 1 unspecified atom stereocenters. The van der Waals surface area contributed by atoms with Gasteiger partial charge in [-0.1, -0.05) is 29.8 Å². The Morgan fingerprint density at radius 3 is 2.50 bits per heavy atom. The van der Waals surface area contributed by atoms with Gasteiger partial charge in [0.25, 0.3) is 0 Å². The lowest BCUT2D eigenvalue weighted by Gasteiger charge is -2.09. The lowest BCUT2D eigenvalue weighted by Crippen LogP contribution is -2.30. The van der Waals surface area contributed by atoms with Gasteiger partial charge in [-0.2, -0.15) is 0 Å². The zero-order valence-corrected chi connectivity index (χ0v) is 9.91. The molecule has 0 aromatic rings. The normalized spacial score (nSPS) is 14.6. The summed E-state index contributed by atoms with van der Waals surface area (Å²) in [5.41, 5.74) is 0. The van der Waals surface area contributed by atoms with Gasteiger partial charge in [0.2, 0.25) is 10.0 Å². The van der Waals surface area contributed by atoms with Gasteiger partial charge >= 0.3 is 0 Å². The van der Waals surface area contributed by atoms with Crippen molar-refractivity contribution >= 4 is 26.0 Å². The maximum atomic E-state index is 11.1. The van der Waals surface area contributed by atoms with Crippen molar-refractivity contribution in [2.24, 2.45) is 5.92 Å². The zero-order chi connectivity index (χ0) is 9.61. The van der Waals surface area contributed by atoms with Crippen molar-refractivity contribution in [2.75, 3.05) is 17.6 Å². The van der Waals surface area contributed by atoms with E-state index in [1.165, 1.54) is 0 Å². The van der Waals surface area contributed by atoms with E-state index < -0.39 is 10.0 Å². The van der Waals surface area contributed by atoms with Crippen LogP contribution in [0.1, 0.15) is 20.3 Å². The molecule has 0 rings (SSSR count). The summed E-state index contributed by atoms with van der Waals surface area (Å²) in [5.74, 6) is 0.568. The van der Waals surface area contributed by atoms with Crippen LogP contribution in [0.4, 0.5) is 0 Å². The van der Waals surface area contributed by atoms with Gasteiger partial charge in [0, 0.05) is 11.9 Å². The molecule has 5 heteroatoms. The van der Waals surface area contributed by atoms with Crippen molar-refractivity contribution in [3.05, 3.63) is 0 Å². The van der Waals surface area contributed by atoms with Gasteiger partial charge in [-0.25, -0.2) is 13.1 Å². The first kappa shape index (κ1) is 12.4. The van der Waals surface area contributed by atoms with Crippen LogP contribution in [0.2, 0.25) is 0 Å². The predicted octanol–water partition coefficient (Wildman–Crippen LogP) is 1.35. The summed E-state index contributed by atoms with van der Waals surface area (Å²) in [6.45, 7) is 4.37. The molecule has 0 aromatic carbocycles. The van der Waals surface area contributed by atoms with E-state index in [-0.39, 0.29) is 5.75 Å². The van der Waals surface area contributed by atoms with Crippen molar-refractivity contribution < 1.29 is 8.42 Å². The van der Waals surface area contributed by atoms with Crippen LogP contribution in [0, 0.1) is 5.92 Å². The number of rotatable bonds is 6. The fourth-order valence-electron chi connectivity index (χ4n) is 0.665. The number of sulfonamides is 1. The maximum Gasteiger partial charge on any atom is 0.211 e. The molecular weight excluding hydrogens is 242 g/mol. The second-order valence-electron chi connectivity index (χ2n) is 2.93. The van der Waals surface area contributed by atoms with Gasteiger partial charge in [0.05, 0.1) is 5.75 Å². The minimum atomic E-state index is -3.01. The Morgan fingerprint density at radius 1 is 1.50 bits per heavy atom. The molecule has 1 atom stereocenters. The Bertz CT molecular complexity index is 203. The molecule has 0 aliphatic rings. The average molecular weight is 258 g/mol. The van der Waals surface area contributed by atoms with Gasteiger partial charge in [-0.3, -0.25) is 0 Å². The first-order chi connectivity index (χ1) is 5.52. The highest BCUT2D eigenvalue weighted by atomic mass is 79.9. The molecule has 3 nitrogen and oxygen atoms in total. The fourth-order valence-corrected chi connectivity index (χ4v) is 2.11. The van der Waals surface area contributed by atoms with Gasteiger partial charge in [-0.05, 0) is 12.3 Å². The summed E-state index contributed by atoms with van der Waals surface area (Å²) in [6, 6.07) is 0. The van der Waals surface area contributed by atoms with E-state index in [4.69, 9.17) is 0 Å². The van der Waals surface area contributed by atoms with E-state index in [2.05, 4.69) is 20.7 Å². The molecule has 0 fully saturated rings. The summed E-state index contributed by atoms with van der Waals surface area (Å²) in [4.78, 5) is 0. The average Bonchev–Trinajstić information content (AvgIpc) is 2.00. The SMILES string of the molecule is CCCS(=O)(=O)NCC(C)CBr. The van der Waals surface area contributed by atoms with Gasteiger partial charge in [0.15, 0.2) is 0 Å². The molecule has 0 aliphatic carbocycles. The molecule has 0 saturated heterocycles. The Kier molecular flexibility index (Phi) is 6.13. The van der Waals surface area contributed by atoms with Crippen molar-refractivity contribution in [2.45, 2.75) is 20.3 Å². The van der Waals surface area contributed by atoms with Crippen LogP contribution in [0.15, 0.2) is 0 Å². The molecule has 0 amide bonds. The molecular formula is C7H16BrNO2S. The van der Waals surface area contributed by atoms with Crippen LogP contribution in [0.5, 0.6) is 0 Å². The second kappa shape index (κ2) is 5.94. The van der Waals surface area contributed by atoms with Crippen molar-refractivity contribution in [1.29, 1.82) is 0 Å². The largest absolute Gasteiger partial charge is 0.215 e. The summed E-state index contributed by atoms with van der Waals surface area (Å²) in [6.07, 6.45) is 0.665. The summed E-state index contributed by atoms with van der Waals surface area (Å²) >= 11 is 3.29.